The van der Waals surface area contributed by atoms with E-state index in [1.165, 1.54) is 6.07 Å². The summed E-state index contributed by atoms with van der Waals surface area (Å²) >= 11 is 0. The predicted octanol–water partition coefficient (Wildman–Crippen LogP) is 3.07. The Balaban J connectivity index is 2.52. The number of hydrogen-bond acceptors (Lipinski definition) is 2. The molecule has 2 aromatic rings. The normalized spacial score (nSPS) is 11.3. The van der Waals surface area contributed by atoms with E-state index in [4.69, 9.17) is 5.26 Å². The monoisotopic (exact) mass is 251 g/mol. The van der Waals surface area contributed by atoms with Gasteiger partial charge in [0.05, 0.1) is 5.69 Å². The number of hydrogen-bond donors (Lipinski definition) is 0. The number of nitrogens with zero attached hydrogens (tertiary/aromatic N) is 3. The lowest BCUT2D eigenvalue weighted by Gasteiger charge is -2.03. The predicted molar refractivity (Wildman–Crippen MR) is 58.0 cm³/mol. The molecule has 0 spiro atoms. The van der Waals surface area contributed by atoms with E-state index < -0.39 is 17.4 Å². The summed E-state index contributed by atoms with van der Waals surface area (Å²) in [5, 5.41) is 12.1. The van der Waals surface area contributed by atoms with Gasteiger partial charge in [-0.25, -0.2) is 4.68 Å². The van der Waals surface area contributed by atoms with Crippen molar-refractivity contribution >= 4 is 0 Å². The molecule has 1 heterocycles. The Kier molecular flexibility index (Phi) is 2.83. The van der Waals surface area contributed by atoms with Crippen LogP contribution in [0, 0.1) is 18.3 Å². The second-order valence-corrected chi connectivity index (χ2v) is 3.78. The minimum Gasteiger partial charge on any atom is -0.239 e. The maximum atomic E-state index is 12.6. The third kappa shape index (κ3) is 2.20. The molecule has 0 bridgehead atoms. The number of nitriles is 1. The summed E-state index contributed by atoms with van der Waals surface area (Å²) in [5.41, 5.74) is -0.177. The van der Waals surface area contributed by atoms with Crippen LogP contribution < -0.4 is 0 Å². The van der Waals surface area contributed by atoms with Crippen LogP contribution >= 0.6 is 0 Å². The summed E-state index contributed by atoms with van der Waals surface area (Å²) in [6.45, 7) is 1.87. The fourth-order valence-electron chi connectivity index (χ4n) is 1.49. The lowest BCUT2D eigenvalue weighted by Crippen LogP contribution is -2.08. The van der Waals surface area contributed by atoms with Gasteiger partial charge in [0.25, 0.3) is 0 Å². The summed E-state index contributed by atoms with van der Waals surface area (Å²) in [5.74, 6) is 0. The Morgan fingerprint density at radius 3 is 2.28 bits per heavy atom. The average molecular weight is 251 g/mol. The smallest absolute Gasteiger partial charge is 0.239 e. The third-order valence-electron chi connectivity index (χ3n) is 2.40. The van der Waals surface area contributed by atoms with Crippen molar-refractivity contribution in [3.63, 3.8) is 0 Å². The van der Waals surface area contributed by atoms with Gasteiger partial charge < -0.3 is 0 Å². The van der Waals surface area contributed by atoms with Crippen LogP contribution in [0.25, 0.3) is 5.69 Å². The van der Waals surface area contributed by atoms with Crippen LogP contribution in [0.4, 0.5) is 13.2 Å². The largest absolute Gasteiger partial charge is 0.436 e. The fraction of sp³-hybridized carbons (Fsp3) is 0.167. The van der Waals surface area contributed by atoms with Crippen molar-refractivity contribution in [1.29, 1.82) is 5.26 Å². The Morgan fingerprint density at radius 1 is 1.22 bits per heavy atom. The van der Waals surface area contributed by atoms with Crippen LogP contribution in [0.5, 0.6) is 0 Å². The van der Waals surface area contributed by atoms with Gasteiger partial charge in [-0.05, 0) is 19.1 Å². The Bertz CT molecular complexity index is 603. The zero-order chi connectivity index (χ0) is 13.3. The molecule has 0 unspecified atom stereocenters. The van der Waals surface area contributed by atoms with Crippen LogP contribution in [0.3, 0.4) is 0 Å². The number of aromatic nitrogens is 2. The van der Waals surface area contributed by atoms with Crippen molar-refractivity contribution in [2.45, 2.75) is 13.1 Å². The number of benzene rings is 1. The van der Waals surface area contributed by atoms with E-state index >= 15 is 0 Å². The zero-order valence-corrected chi connectivity index (χ0v) is 9.36. The van der Waals surface area contributed by atoms with Gasteiger partial charge in [0, 0.05) is 6.20 Å². The van der Waals surface area contributed by atoms with Crippen molar-refractivity contribution in [2.24, 2.45) is 0 Å². The third-order valence-corrected chi connectivity index (χ3v) is 2.40. The van der Waals surface area contributed by atoms with Gasteiger partial charge in [-0.2, -0.15) is 23.5 Å². The molecule has 0 atom stereocenters. The summed E-state index contributed by atoms with van der Waals surface area (Å²) in [6.07, 6.45) is -3.55. The van der Waals surface area contributed by atoms with E-state index in [9.17, 15) is 13.2 Å². The van der Waals surface area contributed by atoms with E-state index in [1.54, 1.807) is 24.3 Å². The topological polar surface area (TPSA) is 41.6 Å². The van der Waals surface area contributed by atoms with E-state index in [0.29, 0.717) is 5.69 Å². The average Bonchev–Trinajstić information content (AvgIpc) is 2.73. The minimum atomic E-state index is -4.62. The minimum absolute atomic E-state index is 0.479. The molecule has 0 aliphatic rings. The molecule has 0 amide bonds. The molecule has 0 fully saturated rings. The molecule has 0 N–H and O–H groups in total. The molecule has 6 heteroatoms. The highest BCUT2D eigenvalue weighted by atomic mass is 19.4. The van der Waals surface area contributed by atoms with E-state index in [-0.39, 0.29) is 0 Å². The van der Waals surface area contributed by atoms with Crippen molar-refractivity contribution in [1.82, 2.24) is 9.78 Å². The van der Waals surface area contributed by atoms with Gasteiger partial charge in [0.1, 0.15) is 11.6 Å². The molecule has 0 radical (unpaired) electrons. The first-order valence-corrected chi connectivity index (χ1v) is 5.06. The molecular weight excluding hydrogens is 243 g/mol. The first-order chi connectivity index (χ1) is 8.41. The van der Waals surface area contributed by atoms with Gasteiger partial charge >= 0.3 is 6.18 Å². The molecular formula is C12H8F3N3. The highest BCUT2D eigenvalue weighted by Crippen LogP contribution is 2.30. The Hall–Kier alpha value is -2.29. The highest BCUT2D eigenvalue weighted by molar-refractivity contribution is 5.39. The van der Waals surface area contributed by atoms with Crippen LogP contribution in [0.1, 0.15) is 16.8 Å². The maximum Gasteiger partial charge on any atom is 0.436 e. The second-order valence-electron chi connectivity index (χ2n) is 3.78. The van der Waals surface area contributed by atoms with Crippen LogP contribution in [0.2, 0.25) is 0 Å². The van der Waals surface area contributed by atoms with Crippen molar-refractivity contribution in [3.8, 4) is 11.8 Å². The molecule has 1 aromatic heterocycles. The van der Waals surface area contributed by atoms with E-state index in [1.807, 2.05) is 6.92 Å². The van der Waals surface area contributed by atoms with E-state index in [0.717, 1.165) is 16.4 Å². The SMILES string of the molecule is Cc1ccc(-n2cc(C#N)c(C(F)(F)F)n2)cc1. The van der Waals surface area contributed by atoms with Crippen LogP contribution in [-0.2, 0) is 6.18 Å². The zero-order valence-electron chi connectivity index (χ0n) is 9.36. The number of halogens is 3. The number of aryl methyl sites for hydroxylation is 1. The molecule has 2 rings (SSSR count). The van der Waals surface area contributed by atoms with Gasteiger partial charge in [-0.15, -0.1) is 0 Å². The van der Waals surface area contributed by atoms with Gasteiger partial charge in [-0.1, -0.05) is 17.7 Å². The van der Waals surface area contributed by atoms with E-state index in [2.05, 4.69) is 5.10 Å². The molecule has 1 aromatic carbocycles. The molecule has 0 aliphatic carbocycles. The molecule has 0 saturated carbocycles. The molecule has 0 aliphatic heterocycles. The quantitative estimate of drug-likeness (QED) is 0.781. The summed E-state index contributed by atoms with van der Waals surface area (Å²) in [6, 6.07) is 8.31. The fourth-order valence-corrected chi connectivity index (χ4v) is 1.49. The first-order valence-electron chi connectivity index (χ1n) is 5.06. The second kappa shape index (κ2) is 4.18. The summed E-state index contributed by atoms with van der Waals surface area (Å²) in [4.78, 5) is 0. The van der Waals surface area contributed by atoms with Gasteiger partial charge in [-0.3, -0.25) is 0 Å². The van der Waals surface area contributed by atoms with Crippen LogP contribution in [-0.4, -0.2) is 9.78 Å². The number of alkyl halides is 3. The van der Waals surface area contributed by atoms with Crippen molar-refractivity contribution < 1.29 is 13.2 Å². The standard InChI is InChI=1S/C12H8F3N3/c1-8-2-4-10(5-3-8)18-7-9(6-16)11(17-18)12(13,14)15/h2-5,7H,1H3. The molecule has 18 heavy (non-hydrogen) atoms. The van der Waals surface area contributed by atoms with Crippen LogP contribution in [0.15, 0.2) is 30.5 Å². The number of rotatable bonds is 1. The lowest BCUT2D eigenvalue weighted by atomic mass is 10.2. The summed E-state index contributed by atoms with van der Waals surface area (Å²) < 4.78 is 38.9. The summed E-state index contributed by atoms with van der Waals surface area (Å²) in [7, 11) is 0. The lowest BCUT2D eigenvalue weighted by molar-refractivity contribution is -0.141. The van der Waals surface area contributed by atoms with Gasteiger partial charge in [0.2, 0.25) is 0 Å². The molecule has 0 saturated heterocycles. The maximum absolute atomic E-state index is 12.6. The van der Waals surface area contributed by atoms with Crippen molar-refractivity contribution in [2.75, 3.05) is 0 Å². The Morgan fingerprint density at radius 2 is 1.83 bits per heavy atom. The Labute approximate surface area is 101 Å². The highest BCUT2D eigenvalue weighted by Gasteiger charge is 2.37. The molecule has 3 nitrogen and oxygen atoms in total. The molecule has 92 valence electrons. The first kappa shape index (κ1) is 12.2. The van der Waals surface area contributed by atoms with Gasteiger partial charge in [0.15, 0.2) is 5.69 Å². The van der Waals surface area contributed by atoms with Crippen molar-refractivity contribution in [3.05, 3.63) is 47.3 Å².